The van der Waals surface area contributed by atoms with E-state index in [-0.39, 0.29) is 0 Å². The Morgan fingerprint density at radius 3 is 3.05 bits per heavy atom. The lowest BCUT2D eigenvalue weighted by Crippen LogP contribution is -2.22. The van der Waals surface area contributed by atoms with Crippen LogP contribution < -0.4 is 11.1 Å². The second-order valence-electron chi connectivity index (χ2n) is 6.08. The van der Waals surface area contributed by atoms with Gasteiger partial charge in [-0.3, -0.25) is 5.10 Å². The number of hydrogen-bond donors (Lipinski definition) is 3. The molecule has 2 aromatic rings. The number of guanidine groups is 1. The molecule has 0 atom stereocenters. The molecule has 6 nitrogen and oxygen atoms in total. The number of nitrogens with one attached hydrogen (secondary N) is 2. The van der Waals surface area contributed by atoms with Gasteiger partial charge in [0.15, 0.2) is 11.8 Å². The van der Waals surface area contributed by atoms with Crippen molar-refractivity contribution in [2.45, 2.75) is 44.6 Å². The molecule has 4 rings (SSSR count). The van der Waals surface area contributed by atoms with Gasteiger partial charge in [-0.15, -0.1) is 0 Å². The lowest BCUT2D eigenvalue weighted by atomic mass is 10.1. The lowest BCUT2D eigenvalue weighted by Gasteiger charge is -2.07. The Labute approximate surface area is 129 Å². The number of aromatic amines is 1. The number of aryl methyl sites for hydroxylation is 2. The number of rotatable bonds is 4. The molecule has 114 valence electrons. The zero-order valence-corrected chi connectivity index (χ0v) is 12.5. The van der Waals surface area contributed by atoms with Crippen LogP contribution in [0.1, 0.15) is 48.0 Å². The number of aliphatic imine (C=N–C) groups is 1. The summed E-state index contributed by atoms with van der Waals surface area (Å²) in [6, 6.07) is 6.41. The number of aromatic nitrogens is 3. The molecular weight excluding hydrogens is 276 g/mol. The molecule has 2 aliphatic carbocycles. The van der Waals surface area contributed by atoms with Crippen molar-refractivity contribution in [3.8, 4) is 0 Å². The summed E-state index contributed by atoms with van der Waals surface area (Å²) in [6.07, 6.45) is 5.99. The highest BCUT2D eigenvalue weighted by molar-refractivity contribution is 5.92. The minimum Gasteiger partial charge on any atom is -0.370 e. The molecule has 1 aromatic carbocycles. The maximum Gasteiger partial charge on any atom is 0.193 e. The maximum atomic E-state index is 5.95. The van der Waals surface area contributed by atoms with Crippen molar-refractivity contribution in [2.24, 2.45) is 10.7 Å². The van der Waals surface area contributed by atoms with Crippen molar-refractivity contribution < 1.29 is 0 Å². The summed E-state index contributed by atoms with van der Waals surface area (Å²) in [5.74, 6) is 2.63. The molecule has 6 heteroatoms. The number of nitrogens with two attached hydrogens (primary N) is 1. The maximum absolute atomic E-state index is 5.95. The van der Waals surface area contributed by atoms with Crippen molar-refractivity contribution in [2.75, 3.05) is 5.32 Å². The molecule has 0 unspecified atom stereocenters. The molecular formula is C16H20N6. The number of benzene rings is 1. The fourth-order valence-corrected chi connectivity index (χ4v) is 2.90. The normalized spacial score (nSPS) is 17.5. The third-order valence-electron chi connectivity index (χ3n) is 4.26. The van der Waals surface area contributed by atoms with Gasteiger partial charge in [0.1, 0.15) is 12.4 Å². The molecule has 1 heterocycles. The molecule has 4 N–H and O–H groups in total. The second kappa shape index (κ2) is 5.44. The first-order chi connectivity index (χ1) is 10.8. The number of hydrogen-bond acceptors (Lipinski definition) is 3. The van der Waals surface area contributed by atoms with Crippen LogP contribution in [0.5, 0.6) is 0 Å². The number of anilines is 1. The standard InChI is InChI=1S/C16H20N6/c17-16(18-9-14-20-15(22-21-14)11-4-5-11)19-13-7-6-10-2-1-3-12(10)8-13/h6-8,11H,1-5,9H2,(H3,17,18,19)(H,20,21,22). The Balaban J connectivity index is 1.39. The van der Waals surface area contributed by atoms with Crippen molar-refractivity contribution in [1.29, 1.82) is 0 Å². The van der Waals surface area contributed by atoms with Gasteiger partial charge in [-0.2, -0.15) is 5.10 Å². The van der Waals surface area contributed by atoms with E-state index in [2.05, 4.69) is 43.7 Å². The molecule has 1 fully saturated rings. The van der Waals surface area contributed by atoms with Crippen molar-refractivity contribution in [3.63, 3.8) is 0 Å². The summed E-state index contributed by atoms with van der Waals surface area (Å²) < 4.78 is 0. The van der Waals surface area contributed by atoms with Crippen molar-refractivity contribution in [3.05, 3.63) is 41.0 Å². The molecule has 1 aromatic heterocycles. The van der Waals surface area contributed by atoms with Crippen LogP contribution in [0.15, 0.2) is 23.2 Å². The average molecular weight is 296 g/mol. The predicted octanol–water partition coefficient (Wildman–Crippen LogP) is 2.10. The van der Waals surface area contributed by atoms with E-state index in [9.17, 15) is 0 Å². The minimum atomic E-state index is 0.405. The number of nitrogens with zero attached hydrogens (tertiary/aromatic N) is 3. The molecule has 0 amide bonds. The molecule has 0 radical (unpaired) electrons. The molecule has 0 bridgehead atoms. The van der Waals surface area contributed by atoms with Crippen LogP contribution in [0.2, 0.25) is 0 Å². The van der Waals surface area contributed by atoms with Gasteiger partial charge in [-0.25, -0.2) is 9.98 Å². The first-order valence-corrected chi connectivity index (χ1v) is 7.88. The van der Waals surface area contributed by atoms with Gasteiger partial charge in [0, 0.05) is 11.6 Å². The van der Waals surface area contributed by atoms with Gasteiger partial charge in [-0.05, 0) is 55.4 Å². The lowest BCUT2D eigenvalue weighted by molar-refractivity contribution is 0.911. The highest BCUT2D eigenvalue weighted by Gasteiger charge is 2.27. The minimum absolute atomic E-state index is 0.405. The summed E-state index contributed by atoms with van der Waals surface area (Å²) in [7, 11) is 0. The van der Waals surface area contributed by atoms with Crippen LogP contribution in [0.3, 0.4) is 0 Å². The molecule has 2 aliphatic rings. The second-order valence-corrected chi connectivity index (χ2v) is 6.08. The van der Waals surface area contributed by atoms with Crippen LogP contribution in [0.25, 0.3) is 0 Å². The molecule has 0 saturated heterocycles. The molecule has 0 spiro atoms. The molecule has 0 aliphatic heterocycles. The third kappa shape index (κ3) is 2.81. The van der Waals surface area contributed by atoms with E-state index in [1.54, 1.807) is 0 Å². The zero-order valence-electron chi connectivity index (χ0n) is 12.5. The van der Waals surface area contributed by atoms with E-state index in [4.69, 9.17) is 5.73 Å². The fraction of sp³-hybridized carbons (Fsp3) is 0.438. The highest BCUT2D eigenvalue weighted by atomic mass is 15.2. The fourth-order valence-electron chi connectivity index (χ4n) is 2.90. The summed E-state index contributed by atoms with van der Waals surface area (Å²) >= 11 is 0. The Morgan fingerprint density at radius 2 is 2.18 bits per heavy atom. The van der Waals surface area contributed by atoms with Gasteiger partial charge in [0.2, 0.25) is 0 Å². The predicted molar refractivity (Wildman–Crippen MR) is 85.8 cm³/mol. The highest BCUT2D eigenvalue weighted by Crippen LogP contribution is 2.37. The first-order valence-electron chi connectivity index (χ1n) is 7.88. The monoisotopic (exact) mass is 296 g/mol. The Bertz CT molecular complexity index is 713. The van der Waals surface area contributed by atoms with Crippen LogP contribution in [0, 0.1) is 0 Å². The van der Waals surface area contributed by atoms with E-state index < -0.39 is 0 Å². The summed E-state index contributed by atoms with van der Waals surface area (Å²) in [4.78, 5) is 8.77. The van der Waals surface area contributed by atoms with Gasteiger partial charge in [0.25, 0.3) is 0 Å². The summed E-state index contributed by atoms with van der Waals surface area (Å²) in [5.41, 5.74) is 9.83. The molecule has 22 heavy (non-hydrogen) atoms. The van der Waals surface area contributed by atoms with Crippen molar-refractivity contribution >= 4 is 11.6 Å². The van der Waals surface area contributed by atoms with E-state index in [1.807, 2.05) is 0 Å². The topological polar surface area (TPSA) is 92.0 Å². The van der Waals surface area contributed by atoms with Crippen molar-refractivity contribution in [1.82, 2.24) is 15.2 Å². The average Bonchev–Trinajstić information content (AvgIpc) is 3.08. The van der Waals surface area contributed by atoms with Gasteiger partial charge >= 0.3 is 0 Å². The quantitative estimate of drug-likeness (QED) is 0.595. The summed E-state index contributed by atoms with van der Waals surface area (Å²) in [5, 5.41) is 10.3. The van der Waals surface area contributed by atoms with Crippen LogP contribution in [0.4, 0.5) is 5.69 Å². The van der Waals surface area contributed by atoms with Gasteiger partial charge in [-0.1, -0.05) is 6.07 Å². The van der Waals surface area contributed by atoms with Crippen LogP contribution in [-0.2, 0) is 19.4 Å². The first kappa shape index (κ1) is 13.3. The largest absolute Gasteiger partial charge is 0.370 e. The van der Waals surface area contributed by atoms with E-state index >= 15 is 0 Å². The van der Waals surface area contributed by atoms with Gasteiger partial charge < -0.3 is 11.1 Å². The van der Waals surface area contributed by atoms with Crippen LogP contribution >= 0.6 is 0 Å². The number of fused-ring (bicyclic) bond motifs is 1. The number of H-pyrrole nitrogens is 1. The van der Waals surface area contributed by atoms with E-state index in [1.165, 1.54) is 36.8 Å². The van der Waals surface area contributed by atoms with Gasteiger partial charge in [0.05, 0.1) is 0 Å². The van der Waals surface area contributed by atoms with Crippen LogP contribution in [-0.4, -0.2) is 21.1 Å². The smallest absolute Gasteiger partial charge is 0.193 e. The third-order valence-corrected chi connectivity index (χ3v) is 4.26. The Morgan fingerprint density at radius 1 is 1.32 bits per heavy atom. The summed E-state index contributed by atoms with van der Waals surface area (Å²) in [6.45, 7) is 0.420. The zero-order chi connectivity index (χ0) is 14.9. The molecule has 1 saturated carbocycles. The van der Waals surface area contributed by atoms with E-state index in [0.717, 1.165) is 23.8 Å². The Hall–Kier alpha value is -2.37. The Kier molecular flexibility index (Phi) is 3.29. The van der Waals surface area contributed by atoms with E-state index in [0.29, 0.717) is 18.4 Å². The SMILES string of the molecule is NC(=NCc1nc(C2CC2)n[nH]1)Nc1ccc2c(c1)CCC2.